The normalized spacial score (nSPS) is 15.8. The highest BCUT2D eigenvalue weighted by atomic mass is 19.3. The van der Waals surface area contributed by atoms with Gasteiger partial charge in [0.2, 0.25) is 5.91 Å². The zero-order chi connectivity index (χ0) is 10.5. The van der Waals surface area contributed by atoms with Crippen LogP contribution in [0, 0.1) is 0 Å². The summed E-state index contributed by atoms with van der Waals surface area (Å²) in [6.45, 7) is 0.633. The van der Waals surface area contributed by atoms with Crippen molar-refractivity contribution in [2.24, 2.45) is 5.73 Å². The second-order valence-corrected chi connectivity index (χ2v) is 2.85. The van der Waals surface area contributed by atoms with Crippen molar-refractivity contribution in [2.75, 3.05) is 20.3 Å². The lowest BCUT2D eigenvalue weighted by molar-refractivity contribution is -0.126. The molecule has 1 amide bonds. The molecule has 0 rings (SSSR count). The van der Waals surface area contributed by atoms with Gasteiger partial charge in [0, 0.05) is 0 Å². The van der Waals surface area contributed by atoms with E-state index in [4.69, 9.17) is 5.73 Å². The van der Waals surface area contributed by atoms with E-state index in [1.165, 1.54) is 14.0 Å². The number of nitrogens with one attached hydrogen (secondary N) is 1. The maximum atomic E-state index is 11.7. The van der Waals surface area contributed by atoms with Crippen LogP contribution in [-0.2, 0) is 9.53 Å². The van der Waals surface area contributed by atoms with Crippen LogP contribution < -0.4 is 11.1 Å². The Morgan fingerprint density at radius 3 is 2.54 bits per heavy atom. The van der Waals surface area contributed by atoms with Crippen LogP contribution in [0.2, 0.25) is 0 Å². The van der Waals surface area contributed by atoms with E-state index < -0.39 is 24.5 Å². The minimum Gasteiger partial charge on any atom is -0.373 e. The lowest BCUT2D eigenvalue weighted by atomic mass is 10.0. The number of likely N-dealkylation sites (N-methyl/N-ethyl adjacent to an activating group) is 1. The fraction of sp³-hybridized carbons (Fsp3) is 0.857. The van der Waals surface area contributed by atoms with Gasteiger partial charge in [-0.25, -0.2) is 8.78 Å². The summed E-state index contributed by atoms with van der Waals surface area (Å²) in [6.07, 6.45) is -2.53. The number of hydrogen-bond acceptors (Lipinski definition) is 3. The molecule has 0 aliphatic heterocycles. The predicted molar refractivity (Wildman–Crippen MR) is 43.5 cm³/mol. The SMILES string of the molecule is CNC(C)(COCC(F)F)C(N)=O. The third kappa shape index (κ3) is 4.14. The summed E-state index contributed by atoms with van der Waals surface area (Å²) in [5.74, 6) is -0.635. The van der Waals surface area contributed by atoms with Gasteiger partial charge in [-0.15, -0.1) is 0 Å². The highest BCUT2D eigenvalue weighted by Gasteiger charge is 2.29. The minimum absolute atomic E-state index is 0.164. The van der Waals surface area contributed by atoms with Crippen LogP contribution in [0.3, 0.4) is 0 Å². The van der Waals surface area contributed by atoms with Gasteiger partial charge in [0.15, 0.2) is 0 Å². The number of ether oxygens (including phenoxy) is 1. The first-order valence-corrected chi connectivity index (χ1v) is 3.77. The van der Waals surface area contributed by atoms with Crippen molar-refractivity contribution in [3.8, 4) is 0 Å². The standard InChI is InChI=1S/C7H14F2N2O2/c1-7(11-2,6(10)12)4-13-3-5(8)9/h5,11H,3-4H2,1-2H3,(H2,10,12). The number of amides is 1. The molecule has 0 aromatic carbocycles. The second-order valence-electron chi connectivity index (χ2n) is 2.85. The Hall–Kier alpha value is -0.750. The van der Waals surface area contributed by atoms with Gasteiger partial charge in [-0.1, -0.05) is 0 Å². The van der Waals surface area contributed by atoms with Crippen LogP contribution in [0.15, 0.2) is 0 Å². The number of nitrogens with two attached hydrogens (primary N) is 1. The fourth-order valence-electron chi connectivity index (χ4n) is 0.619. The molecule has 0 aliphatic rings. The molecule has 78 valence electrons. The number of alkyl halides is 2. The molecule has 1 atom stereocenters. The van der Waals surface area contributed by atoms with E-state index in [1.807, 2.05) is 0 Å². The number of halogens is 2. The van der Waals surface area contributed by atoms with Gasteiger partial charge in [-0.3, -0.25) is 4.79 Å². The van der Waals surface area contributed by atoms with Crippen molar-refractivity contribution in [3.63, 3.8) is 0 Å². The van der Waals surface area contributed by atoms with E-state index in [9.17, 15) is 13.6 Å². The summed E-state index contributed by atoms with van der Waals surface area (Å²) in [6, 6.07) is 0. The van der Waals surface area contributed by atoms with Gasteiger partial charge in [0.1, 0.15) is 12.1 Å². The molecule has 0 bridgehead atoms. The molecule has 0 heterocycles. The van der Waals surface area contributed by atoms with Gasteiger partial charge in [-0.2, -0.15) is 0 Å². The summed E-state index contributed by atoms with van der Waals surface area (Å²) in [7, 11) is 1.51. The van der Waals surface area contributed by atoms with Crippen molar-refractivity contribution in [3.05, 3.63) is 0 Å². The van der Waals surface area contributed by atoms with E-state index in [2.05, 4.69) is 10.1 Å². The molecule has 0 saturated carbocycles. The maximum absolute atomic E-state index is 11.7. The number of carbonyl (C=O) groups is 1. The lowest BCUT2D eigenvalue weighted by Crippen LogP contribution is -2.55. The van der Waals surface area contributed by atoms with Crippen LogP contribution in [0.25, 0.3) is 0 Å². The van der Waals surface area contributed by atoms with Crippen molar-refractivity contribution in [2.45, 2.75) is 18.9 Å². The number of hydrogen-bond donors (Lipinski definition) is 2. The molecular weight excluding hydrogens is 182 g/mol. The smallest absolute Gasteiger partial charge is 0.261 e. The largest absolute Gasteiger partial charge is 0.373 e. The number of carbonyl (C=O) groups excluding carboxylic acids is 1. The topological polar surface area (TPSA) is 64.3 Å². The third-order valence-electron chi connectivity index (χ3n) is 1.73. The van der Waals surface area contributed by atoms with E-state index in [0.717, 1.165) is 0 Å². The molecule has 0 aromatic heterocycles. The Kier molecular flexibility index (Phi) is 4.79. The van der Waals surface area contributed by atoms with E-state index >= 15 is 0 Å². The molecule has 0 aromatic rings. The summed E-state index contributed by atoms with van der Waals surface area (Å²) in [5.41, 5.74) is 3.94. The van der Waals surface area contributed by atoms with E-state index in [-0.39, 0.29) is 6.61 Å². The molecule has 1 unspecified atom stereocenters. The van der Waals surface area contributed by atoms with Gasteiger partial charge in [0.25, 0.3) is 6.43 Å². The lowest BCUT2D eigenvalue weighted by Gasteiger charge is -2.24. The van der Waals surface area contributed by atoms with Gasteiger partial charge < -0.3 is 15.8 Å². The van der Waals surface area contributed by atoms with Crippen molar-refractivity contribution in [1.29, 1.82) is 0 Å². The molecule has 13 heavy (non-hydrogen) atoms. The Morgan fingerprint density at radius 2 is 2.23 bits per heavy atom. The summed E-state index contributed by atoms with van der Waals surface area (Å²) < 4.78 is 27.9. The Labute approximate surface area is 75.4 Å². The molecule has 6 heteroatoms. The molecule has 3 N–H and O–H groups in total. The van der Waals surface area contributed by atoms with Crippen molar-refractivity contribution in [1.82, 2.24) is 5.32 Å². The van der Waals surface area contributed by atoms with Crippen molar-refractivity contribution < 1.29 is 18.3 Å². The highest BCUT2D eigenvalue weighted by molar-refractivity contribution is 5.84. The summed E-state index contributed by atoms with van der Waals surface area (Å²) in [4.78, 5) is 10.8. The Bertz CT molecular complexity index is 178. The zero-order valence-electron chi connectivity index (χ0n) is 7.64. The first kappa shape index (κ1) is 12.2. The van der Waals surface area contributed by atoms with Crippen LogP contribution in [0.5, 0.6) is 0 Å². The zero-order valence-corrected chi connectivity index (χ0v) is 7.64. The minimum atomic E-state index is -2.53. The molecular formula is C7H14F2N2O2. The molecule has 0 saturated heterocycles. The van der Waals surface area contributed by atoms with Crippen LogP contribution in [0.1, 0.15) is 6.92 Å². The number of rotatable bonds is 6. The van der Waals surface area contributed by atoms with Crippen LogP contribution in [-0.4, -0.2) is 38.1 Å². The quantitative estimate of drug-likeness (QED) is 0.614. The number of primary amides is 1. The van der Waals surface area contributed by atoms with Gasteiger partial charge in [0.05, 0.1) is 6.61 Å². The van der Waals surface area contributed by atoms with Crippen molar-refractivity contribution >= 4 is 5.91 Å². The average Bonchev–Trinajstić information content (AvgIpc) is 2.03. The molecule has 0 fully saturated rings. The average molecular weight is 196 g/mol. The Morgan fingerprint density at radius 1 is 1.69 bits per heavy atom. The van der Waals surface area contributed by atoms with E-state index in [0.29, 0.717) is 0 Å². The maximum Gasteiger partial charge on any atom is 0.261 e. The first-order valence-electron chi connectivity index (χ1n) is 3.77. The summed E-state index contributed by atoms with van der Waals surface area (Å²) >= 11 is 0. The van der Waals surface area contributed by atoms with Crippen LogP contribution in [0.4, 0.5) is 8.78 Å². The Balaban J connectivity index is 3.92. The first-order chi connectivity index (χ1) is 5.92. The third-order valence-corrected chi connectivity index (χ3v) is 1.73. The monoisotopic (exact) mass is 196 g/mol. The predicted octanol–water partition coefficient (Wildman–Crippen LogP) is -0.268. The van der Waals surface area contributed by atoms with Gasteiger partial charge in [-0.05, 0) is 14.0 Å². The van der Waals surface area contributed by atoms with Crippen LogP contribution >= 0.6 is 0 Å². The van der Waals surface area contributed by atoms with E-state index in [1.54, 1.807) is 0 Å². The molecule has 0 aliphatic carbocycles. The highest BCUT2D eigenvalue weighted by Crippen LogP contribution is 2.03. The van der Waals surface area contributed by atoms with Gasteiger partial charge >= 0.3 is 0 Å². The molecule has 0 spiro atoms. The molecule has 0 radical (unpaired) electrons. The molecule has 4 nitrogen and oxygen atoms in total. The second kappa shape index (κ2) is 5.08. The fourth-order valence-corrected chi connectivity index (χ4v) is 0.619. The summed E-state index contributed by atoms with van der Waals surface area (Å²) in [5, 5.41) is 2.61.